The zero-order valence-electron chi connectivity index (χ0n) is 14.1. The van der Waals surface area contributed by atoms with E-state index in [0.717, 1.165) is 36.1 Å². The van der Waals surface area contributed by atoms with Crippen LogP contribution in [0.1, 0.15) is 44.2 Å². The molecule has 23 heavy (non-hydrogen) atoms. The van der Waals surface area contributed by atoms with Gasteiger partial charge in [-0.3, -0.25) is 9.88 Å². The van der Waals surface area contributed by atoms with Crippen LogP contribution in [-0.4, -0.2) is 34.2 Å². The highest BCUT2D eigenvalue weighted by Gasteiger charge is 2.17. The summed E-state index contributed by atoms with van der Waals surface area (Å²) in [6.07, 6.45) is 5.72. The van der Waals surface area contributed by atoms with Gasteiger partial charge in [0.15, 0.2) is 0 Å². The Hall–Kier alpha value is -1.65. The number of benzene rings is 1. The lowest BCUT2D eigenvalue weighted by Crippen LogP contribution is -2.29. The van der Waals surface area contributed by atoms with Crippen LogP contribution in [0.2, 0.25) is 0 Å². The molecule has 0 amide bonds. The molecule has 1 aromatic heterocycles. The van der Waals surface area contributed by atoms with Gasteiger partial charge in [0.2, 0.25) is 0 Å². The fourth-order valence-corrected chi connectivity index (χ4v) is 3.22. The number of phenols is 1. The summed E-state index contributed by atoms with van der Waals surface area (Å²) in [6.45, 7) is 7.63. The van der Waals surface area contributed by atoms with Gasteiger partial charge in [0.1, 0.15) is 11.3 Å². The lowest BCUT2D eigenvalue weighted by molar-refractivity contribution is 0.0663. The maximum absolute atomic E-state index is 10.7. The summed E-state index contributed by atoms with van der Waals surface area (Å²) in [5.74, 6) is 0.319. The highest BCUT2D eigenvalue weighted by molar-refractivity contribution is 5.88. The molecule has 1 saturated heterocycles. The molecule has 0 spiro atoms. The predicted octanol–water partition coefficient (Wildman–Crippen LogP) is 3.85. The summed E-state index contributed by atoms with van der Waals surface area (Å²) < 4.78 is 5.80. The van der Waals surface area contributed by atoms with Crippen LogP contribution < -0.4 is 0 Å². The molecule has 1 aliphatic rings. The fraction of sp³-hybridized carbons (Fsp3) is 0.526. The van der Waals surface area contributed by atoms with Crippen molar-refractivity contribution in [3.8, 4) is 5.75 Å². The van der Waals surface area contributed by atoms with Gasteiger partial charge in [-0.25, -0.2) is 0 Å². The molecule has 4 nitrogen and oxygen atoms in total. The first-order valence-corrected chi connectivity index (χ1v) is 8.57. The van der Waals surface area contributed by atoms with Gasteiger partial charge in [-0.1, -0.05) is 12.5 Å². The average Bonchev–Trinajstić information content (AvgIpc) is 2.57. The normalized spacial score (nSPS) is 16.3. The number of pyridine rings is 1. The van der Waals surface area contributed by atoms with Gasteiger partial charge in [-0.2, -0.15) is 0 Å². The largest absolute Gasteiger partial charge is 0.505 e. The van der Waals surface area contributed by atoms with E-state index in [1.807, 2.05) is 26.0 Å². The molecule has 2 heterocycles. The summed E-state index contributed by atoms with van der Waals surface area (Å²) in [5, 5.41) is 11.6. The fourth-order valence-electron chi connectivity index (χ4n) is 3.22. The molecule has 1 fully saturated rings. The Morgan fingerprint density at radius 2 is 2.00 bits per heavy atom. The SMILES string of the molecule is CC(C)OCc1cc(CN2CCCCC2)c(O)c2ncccc12. The van der Waals surface area contributed by atoms with Gasteiger partial charge < -0.3 is 9.84 Å². The number of nitrogens with zero attached hydrogens (tertiary/aromatic N) is 2. The van der Waals surface area contributed by atoms with Crippen LogP contribution in [0, 0.1) is 0 Å². The maximum atomic E-state index is 10.7. The molecule has 4 heteroatoms. The molecule has 3 rings (SSSR count). The minimum Gasteiger partial charge on any atom is -0.505 e. The smallest absolute Gasteiger partial charge is 0.146 e. The van der Waals surface area contributed by atoms with Crippen LogP contribution in [0.3, 0.4) is 0 Å². The summed E-state index contributed by atoms with van der Waals surface area (Å²) >= 11 is 0. The average molecular weight is 314 g/mol. The van der Waals surface area contributed by atoms with E-state index in [1.54, 1.807) is 6.20 Å². The molecule has 0 bridgehead atoms. The van der Waals surface area contributed by atoms with E-state index in [9.17, 15) is 5.11 Å². The van der Waals surface area contributed by atoms with Crippen molar-refractivity contribution in [1.82, 2.24) is 9.88 Å². The lowest BCUT2D eigenvalue weighted by Gasteiger charge is -2.27. The molecule has 124 valence electrons. The minimum atomic E-state index is 0.182. The number of aromatic nitrogens is 1. The quantitative estimate of drug-likeness (QED) is 0.910. The van der Waals surface area contributed by atoms with Crippen LogP contribution in [0.15, 0.2) is 24.4 Å². The molecule has 0 saturated carbocycles. The number of ether oxygens (including phenoxy) is 1. The van der Waals surface area contributed by atoms with Crippen molar-refractivity contribution in [3.63, 3.8) is 0 Å². The summed E-state index contributed by atoms with van der Waals surface area (Å²) in [4.78, 5) is 6.82. The number of likely N-dealkylation sites (tertiary alicyclic amines) is 1. The predicted molar refractivity (Wildman–Crippen MR) is 92.5 cm³/mol. The number of piperidine rings is 1. The first-order valence-electron chi connectivity index (χ1n) is 8.57. The van der Waals surface area contributed by atoms with Crippen LogP contribution in [0.4, 0.5) is 0 Å². The number of aromatic hydroxyl groups is 1. The molecule has 1 aliphatic heterocycles. The second-order valence-corrected chi connectivity index (χ2v) is 6.64. The standard InChI is InChI=1S/C19H26N2O2/c1-14(2)23-13-16-11-15(12-21-9-4-3-5-10-21)19(22)18-17(16)7-6-8-20-18/h6-8,11,14,22H,3-5,9-10,12-13H2,1-2H3. The van der Waals surface area contributed by atoms with E-state index in [-0.39, 0.29) is 6.10 Å². The van der Waals surface area contributed by atoms with Gasteiger partial charge >= 0.3 is 0 Å². The van der Waals surface area contributed by atoms with Crippen molar-refractivity contribution in [2.75, 3.05) is 13.1 Å². The molecule has 1 N–H and O–H groups in total. The van der Waals surface area contributed by atoms with Gasteiger partial charge in [-0.15, -0.1) is 0 Å². The highest BCUT2D eigenvalue weighted by atomic mass is 16.5. The van der Waals surface area contributed by atoms with E-state index < -0.39 is 0 Å². The maximum Gasteiger partial charge on any atom is 0.146 e. The van der Waals surface area contributed by atoms with Crippen molar-refractivity contribution in [2.45, 2.75) is 52.4 Å². The zero-order valence-corrected chi connectivity index (χ0v) is 14.1. The molecule has 0 aliphatic carbocycles. The molecule has 0 radical (unpaired) electrons. The third kappa shape index (κ3) is 3.82. The number of hydrogen-bond donors (Lipinski definition) is 1. The lowest BCUT2D eigenvalue weighted by atomic mass is 10.0. The van der Waals surface area contributed by atoms with Gasteiger partial charge in [0, 0.05) is 23.7 Å². The highest BCUT2D eigenvalue weighted by Crippen LogP contribution is 2.32. The minimum absolute atomic E-state index is 0.182. The van der Waals surface area contributed by atoms with Crippen molar-refractivity contribution < 1.29 is 9.84 Å². The molecular weight excluding hydrogens is 288 g/mol. The van der Waals surface area contributed by atoms with E-state index in [0.29, 0.717) is 17.9 Å². The molecule has 1 aromatic carbocycles. The summed E-state index contributed by atoms with van der Waals surface area (Å²) in [7, 11) is 0. The van der Waals surface area contributed by atoms with Gasteiger partial charge in [-0.05, 0) is 57.5 Å². The number of fused-ring (bicyclic) bond motifs is 1. The molecule has 0 unspecified atom stereocenters. The Balaban J connectivity index is 1.94. The monoisotopic (exact) mass is 314 g/mol. The van der Waals surface area contributed by atoms with Crippen LogP contribution >= 0.6 is 0 Å². The molecular formula is C19H26N2O2. The summed E-state index contributed by atoms with van der Waals surface area (Å²) in [6, 6.07) is 6.01. The van der Waals surface area contributed by atoms with Crippen molar-refractivity contribution in [2.24, 2.45) is 0 Å². The third-order valence-electron chi connectivity index (χ3n) is 4.45. The van der Waals surface area contributed by atoms with Gasteiger partial charge in [0.05, 0.1) is 12.7 Å². The van der Waals surface area contributed by atoms with Crippen molar-refractivity contribution in [1.29, 1.82) is 0 Å². The zero-order chi connectivity index (χ0) is 16.2. The second kappa shape index (κ2) is 7.28. The van der Waals surface area contributed by atoms with E-state index >= 15 is 0 Å². The Labute approximate surface area is 138 Å². The van der Waals surface area contributed by atoms with E-state index in [2.05, 4.69) is 16.0 Å². The van der Waals surface area contributed by atoms with E-state index in [1.165, 1.54) is 19.3 Å². The van der Waals surface area contributed by atoms with Crippen molar-refractivity contribution in [3.05, 3.63) is 35.5 Å². The van der Waals surface area contributed by atoms with Crippen molar-refractivity contribution >= 4 is 10.9 Å². The number of phenolic OH excluding ortho intramolecular Hbond substituents is 1. The Morgan fingerprint density at radius 3 is 2.74 bits per heavy atom. The first kappa shape index (κ1) is 16.2. The Kier molecular flexibility index (Phi) is 5.13. The topological polar surface area (TPSA) is 45.6 Å². The summed E-state index contributed by atoms with van der Waals surface area (Å²) in [5.41, 5.74) is 2.75. The van der Waals surface area contributed by atoms with E-state index in [4.69, 9.17) is 4.74 Å². The van der Waals surface area contributed by atoms with Gasteiger partial charge in [0.25, 0.3) is 0 Å². The van der Waals surface area contributed by atoms with Crippen LogP contribution in [0.5, 0.6) is 5.75 Å². The Bertz CT molecular complexity index is 664. The van der Waals surface area contributed by atoms with Crippen LogP contribution in [-0.2, 0) is 17.9 Å². The molecule has 2 aromatic rings. The van der Waals surface area contributed by atoms with Crippen LogP contribution in [0.25, 0.3) is 10.9 Å². The number of hydrogen-bond acceptors (Lipinski definition) is 4. The number of rotatable bonds is 5. The third-order valence-corrected chi connectivity index (χ3v) is 4.45. The molecule has 0 atom stereocenters. The first-order chi connectivity index (χ1) is 11.1. The second-order valence-electron chi connectivity index (χ2n) is 6.64. The Morgan fingerprint density at radius 1 is 1.22 bits per heavy atom.